The van der Waals surface area contributed by atoms with Gasteiger partial charge in [0.2, 0.25) is 5.91 Å². The summed E-state index contributed by atoms with van der Waals surface area (Å²) >= 11 is 1.56. The van der Waals surface area contributed by atoms with Gasteiger partial charge in [0.15, 0.2) is 5.13 Å². The monoisotopic (exact) mass is 351 g/mol. The lowest BCUT2D eigenvalue weighted by Gasteiger charge is -2.28. The number of carbonyl (C=O) groups is 1. The van der Waals surface area contributed by atoms with Gasteiger partial charge >= 0.3 is 0 Å². The van der Waals surface area contributed by atoms with Crippen LogP contribution in [0.15, 0.2) is 18.2 Å². The van der Waals surface area contributed by atoms with Crippen molar-refractivity contribution in [1.29, 1.82) is 0 Å². The maximum absolute atomic E-state index is 12.3. The maximum atomic E-state index is 12.3. The lowest BCUT2D eigenvalue weighted by molar-refractivity contribution is -0.117. The van der Waals surface area contributed by atoms with Crippen LogP contribution in [-0.4, -0.2) is 23.0 Å². The number of piperidine rings is 1. The van der Waals surface area contributed by atoms with Gasteiger partial charge in [0, 0.05) is 18.5 Å². The second-order valence-corrected chi connectivity index (χ2v) is 7.70. The third kappa shape index (κ3) is 3.52. The van der Waals surface area contributed by atoms with Gasteiger partial charge in [-0.25, -0.2) is 4.98 Å². The SMILES string of the molecule is Cc1cccc2sc(NC(=O)CC3CC4CCC(C3)N4)nc12.Cl. The van der Waals surface area contributed by atoms with Crippen LogP contribution in [0.4, 0.5) is 5.13 Å². The second kappa shape index (κ2) is 6.75. The molecule has 2 unspecified atom stereocenters. The first-order chi connectivity index (χ1) is 10.7. The normalized spacial score (nSPS) is 26.0. The number of aryl methyl sites for hydroxylation is 1. The van der Waals surface area contributed by atoms with Crippen molar-refractivity contribution >= 4 is 45.0 Å². The molecule has 2 aliphatic heterocycles. The van der Waals surface area contributed by atoms with Gasteiger partial charge in [-0.1, -0.05) is 23.5 Å². The predicted molar refractivity (Wildman–Crippen MR) is 97.5 cm³/mol. The van der Waals surface area contributed by atoms with Gasteiger partial charge in [-0.3, -0.25) is 4.79 Å². The Bertz CT molecular complexity index is 705. The van der Waals surface area contributed by atoms with E-state index in [1.807, 2.05) is 6.07 Å². The van der Waals surface area contributed by atoms with Gasteiger partial charge in [0.05, 0.1) is 10.2 Å². The van der Waals surface area contributed by atoms with Crippen molar-refractivity contribution in [2.75, 3.05) is 5.32 Å². The molecule has 0 radical (unpaired) electrons. The van der Waals surface area contributed by atoms with Crippen LogP contribution in [0.25, 0.3) is 10.2 Å². The summed E-state index contributed by atoms with van der Waals surface area (Å²) in [6, 6.07) is 7.42. The Labute approximate surface area is 146 Å². The van der Waals surface area contributed by atoms with E-state index >= 15 is 0 Å². The van der Waals surface area contributed by atoms with Crippen molar-refractivity contribution in [2.24, 2.45) is 5.92 Å². The Morgan fingerprint density at radius 2 is 2.09 bits per heavy atom. The number of nitrogens with one attached hydrogen (secondary N) is 2. The number of anilines is 1. The molecule has 3 heterocycles. The summed E-state index contributed by atoms with van der Waals surface area (Å²) < 4.78 is 1.13. The number of rotatable bonds is 3. The summed E-state index contributed by atoms with van der Waals surface area (Å²) in [6.45, 7) is 2.05. The summed E-state index contributed by atoms with van der Waals surface area (Å²) in [5.74, 6) is 0.637. The quantitative estimate of drug-likeness (QED) is 0.882. The van der Waals surface area contributed by atoms with Crippen molar-refractivity contribution in [2.45, 2.75) is 51.1 Å². The van der Waals surface area contributed by atoms with E-state index < -0.39 is 0 Å². The Hall–Kier alpha value is -1.17. The molecule has 0 aliphatic carbocycles. The van der Waals surface area contributed by atoms with Crippen LogP contribution in [0, 0.1) is 12.8 Å². The average molecular weight is 352 g/mol. The Kier molecular flexibility index (Phi) is 4.90. The summed E-state index contributed by atoms with van der Waals surface area (Å²) in [7, 11) is 0. The third-order valence-electron chi connectivity index (χ3n) is 4.91. The van der Waals surface area contributed by atoms with Crippen LogP contribution in [0.1, 0.15) is 37.7 Å². The number of hydrogen-bond donors (Lipinski definition) is 2. The summed E-state index contributed by atoms with van der Waals surface area (Å²) in [5, 5.41) is 7.36. The minimum Gasteiger partial charge on any atom is -0.311 e. The number of aromatic nitrogens is 1. The van der Waals surface area contributed by atoms with Gasteiger partial charge in [-0.05, 0) is 50.2 Å². The van der Waals surface area contributed by atoms with E-state index in [0.717, 1.165) is 33.8 Å². The molecule has 2 aromatic rings. The Morgan fingerprint density at radius 3 is 2.78 bits per heavy atom. The van der Waals surface area contributed by atoms with Crippen LogP contribution >= 0.6 is 23.7 Å². The third-order valence-corrected chi connectivity index (χ3v) is 5.85. The fourth-order valence-electron chi connectivity index (χ4n) is 3.91. The molecular weight excluding hydrogens is 330 g/mol. The number of amides is 1. The van der Waals surface area contributed by atoms with E-state index in [0.29, 0.717) is 24.4 Å². The first-order valence-corrected chi connectivity index (χ1v) is 8.91. The van der Waals surface area contributed by atoms with Gasteiger partial charge < -0.3 is 10.6 Å². The smallest absolute Gasteiger partial charge is 0.226 e. The number of fused-ring (bicyclic) bond motifs is 3. The number of para-hydroxylation sites is 1. The van der Waals surface area contributed by atoms with E-state index in [9.17, 15) is 4.79 Å². The number of thiazole rings is 1. The summed E-state index contributed by atoms with van der Waals surface area (Å²) in [5.41, 5.74) is 2.16. The minimum absolute atomic E-state index is 0. The van der Waals surface area contributed by atoms with E-state index in [4.69, 9.17) is 0 Å². The topological polar surface area (TPSA) is 54.0 Å². The highest BCUT2D eigenvalue weighted by Crippen LogP contribution is 2.33. The van der Waals surface area contributed by atoms with E-state index in [1.165, 1.54) is 12.8 Å². The number of halogens is 1. The molecule has 124 valence electrons. The van der Waals surface area contributed by atoms with E-state index in [-0.39, 0.29) is 18.3 Å². The van der Waals surface area contributed by atoms with Crippen molar-refractivity contribution in [3.63, 3.8) is 0 Å². The summed E-state index contributed by atoms with van der Waals surface area (Å²) in [4.78, 5) is 16.9. The lowest BCUT2D eigenvalue weighted by Crippen LogP contribution is -2.39. The molecular formula is C17H22ClN3OS. The van der Waals surface area contributed by atoms with Gasteiger partial charge in [-0.2, -0.15) is 0 Å². The van der Waals surface area contributed by atoms with Crippen LogP contribution in [0.2, 0.25) is 0 Å². The van der Waals surface area contributed by atoms with Crippen LogP contribution in [-0.2, 0) is 4.79 Å². The summed E-state index contributed by atoms with van der Waals surface area (Å²) in [6.07, 6.45) is 5.47. The van der Waals surface area contributed by atoms with Crippen LogP contribution in [0.3, 0.4) is 0 Å². The molecule has 2 saturated heterocycles. The van der Waals surface area contributed by atoms with E-state index in [2.05, 4.69) is 34.7 Å². The zero-order valence-corrected chi connectivity index (χ0v) is 14.8. The molecule has 0 saturated carbocycles. The second-order valence-electron chi connectivity index (χ2n) is 6.67. The largest absolute Gasteiger partial charge is 0.311 e. The number of benzene rings is 1. The molecule has 6 heteroatoms. The van der Waals surface area contributed by atoms with Gasteiger partial charge in [0.1, 0.15) is 0 Å². The van der Waals surface area contributed by atoms with Crippen molar-refractivity contribution in [3.8, 4) is 0 Å². The Balaban J connectivity index is 0.00000156. The van der Waals surface area contributed by atoms with Gasteiger partial charge in [-0.15, -0.1) is 12.4 Å². The standard InChI is InChI=1S/C17H21N3OS.ClH/c1-10-3-2-4-14-16(10)20-17(22-14)19-15(21)9-11-7-12-5-6-13(8-11)18-12;/h2-4,11-13,18H,5-9H2,1H3,(H,19,20,21);1H. The van der Waals surface area contributed by atoms with E-state index in [1.54, 1.807) is 11.3 Å². The average Bonchev–Trinajstić information content (AvgIpc) is 3.03. The molecule has 23 heavy (non-hydrogen) atoms. The van der Waals surface area contributed by atoms with Crippen molar-refractivity contribution in [3.05, 3.63) is 23.8 Å². The molecule has 2 N–H and O–H groups in total. The first kappa shape index (κ1) is 16.7. The highest BCUT2D eigenvalue weighted by molar-refractivity contribution is 7.22. The molecule has 1 amide bonds. The molecule has 4 nitrogen and oxygen atoms in total. The molecule has 1 aromatic heterocycles. The van der Waals surface area contributed by atoms with Crippen molar-refractivity contribution in [1.82, 2.24) is 10.3 Å². The molecule has 0 spiro atoms. The Morgan fingerprint density at radius 1 is 1.35 bits per heavy atom. The zero-order chi connectivity index (χ0) is 15.1. The zero-order valence-electron chi connectivity index (χ0n) is 13.2. The van der Waals surface area contributed by atoms with Crippen LogP contribution < -0.4 is 10.6 Å². The van der Waals surface area contributed by atoms with Gasteiger partial charge in [0.25, 0.3) is 0 Å². The number of carbonyl (C=O) groups excluding carboxylic acids is 1. The minimum atomic E-state index is 0. The first-order valence-electron chi connectivity index (χ1n) is 8.09. The molecule has 4 rings (SSSR count). The number of nitrogens with zero attached hydrogens (tertiary/aromatic N) is 1. The highest BCUT2D eigenvalue weighted by atomic mass is 35.5. The molecule has 1 aromatic carbocycles. The van der Waals surface area contributed by atoms with Crippen molar-refractivity contribution < 1.29 is 4.79 Å². The molecule has 2 bridgehead atoms. The fraction of sp³-hybridized carbons (Fsp3) is 0.529. The molecule has 2 atom stereocenters. The van der Waals surface area contributed by atoms with Crippen LogP contribution in [0.5, 0.6) is 0 Å². The fourth-order valence-corrected chi connectivity index (χ4v) is 4.87. The molecule has 2 aliphatic rings. The highest BCUT2D eigenvalue weighted by Gasteiger charge is 2.34. The number of hydrogen-bond acceptors (Lipinski definition) is 4. The molecule has 2 fully saturated rings. The predicted octanol–water partition coefficient (Wildman–Crippen LogP) is 3.89. The lowest BCUT2D eigenvalue weighted by atomic mass is 9.89. The maximum Gasteiger partial charge on any atom is 0.226 e.